The van der Waals surface area contributed by atoms with Gasteiger partial charge in [0.1, 0.15) is 0 Å². The van der Waals surface area contributed by atoms with Gasteiger partial charge in [0.2, 0.25) is 10.7 Å². The topological polar surface area (TPSA) is 60.4 Å². The van der Waals surface area contributed by atoms with E-state index in [0.29, 0.717) is 5.92 Å². The maximum atomic E-state index is 13.1. The minimum Gasteiger partial charge on any atom is -0.465 e. The van der Waals surface area contributed by atoms with Gasteiger partial charge in [-0.1, -0.05) is 6.42 Å². The van der Waals surface area contributed by atoms with Gasteiger partial charge in [0.05, 0.1) is 12.5 Å². The Morgan fingerprint density at radius 1 is 1.14 bits per heavy atom. The average molecular weight is 346 g/mol. The van der Waals surface area contributed by atoms with E-state index in [0.717, 1.165) is 25.7 Å². The van der Waals surface area contributed by atoms with Gasteiger partial charge < -0.3 is 4.74 Å². The molecule has 0 aliphatic heterocycles. The van der Waals surface area contributed by atoms with Crippen LogP contribution in [0.1, 0.15) is 38.5 Å². The molecule has 0 N–H and O–H groups in total. The molecule has 128 valence electrons. The summed E-state index contributed by atoms with van der Waals surface area (Å²) in [6, 6.07) is 0. The van der Waals surface area contributed by atoms with Crippen LogP contribution in [0.5, 0.6) is 0 Å². The normalized spacial score (nSPS) is 28.3. The average Bonchev–Trinajstić information content (AvgIpc) is 3.05. The highest BCUT2D eigenvalue weighted by Crippen LogP contribution is 2.48. The van der Waals surface area contributed by atoms with Crippen LogP contribution >= 0.6 is 0 Å². The van der Waals surface area contributed by atoms with Crippen molar-refractivity contribution in [3.05, 3.63) is 0 Å². The fraction of sp³-hybridized carbons (Fsp3) is 0.923. The molecule has 4 nitrogen and oxygen atoms in total. The summed E-state index contributed by atoms with van der Waals surface area (Å²) < 4.78 is 77.1. The standard InChI is InChI=1S/C13H18F4O4S/c14-12(15,13(16,17)22(19)20)4-1-5-21-11(18)10-7-8-2-3-9(10)6-8/h8-10,22H,1-7H2. The van der Waals surface area contributed by atoms with Gasteiger partial charge in [0.25, 0.3) is 0 Å². The second kappa shape index (κ2) is 6.33. The number of halogens is 4. The molecule has 2 aliphatic rings. The van der Waals surface area contributed by atoms with Gasteiger partial charge in [-0.3, -0.25) is 4.79 Å². The van der Waals surface area contributed by atoms with E-state index in [2.05, 4.69) is 0 Å². The monoisotopic (exact) mass is 346 g/mol. The lowest BCUT2D eigenvalue weighted by Gasteiger charge is -2.22. The van der Waals surface area contributed by atoms with Gasteiger partial charge >= 0.3 is 17.1 Å². The summed E-state index contributed by atoms with van der Waals surface area (Å²) in [5, 5.41) is -5.09. The zero-order valence-corrected chi connectivity index (χ0v) is 12.7. The summed E-state index contributed by atoms with van der Waals surface area (Å²) in [6.45, 7) is -0.409. The maximum absolute atomic E-state index is 13.1. The lowest BCUT2D eigenvalue weighted by atomic mass is 9.89. The van der Waals surface area contributed by atoms with Crippen molar-refractivity contribution in [1.29, 1.82) is 0 Å². The summed E-state index contributed by atoms with van der Waals surface area (Å²) >= 11 is 0. The predicted octanol–water partition coefficient (Wildman–Crippen LogP) is 2.59. The van der Waals surface area contributed by atoms with Crippen LogP contribution in [0.2, 0.25) is 0 Å². The number of thiol groups is 1. The van der Waals surface area contributed by atoms with Gasteiger partial charge in [0.15, 0.2) is 0 Å². The molecule has 2 rings (SSSR count). The number of carbonyl (C=O) groups is 1. The van der Waals surface area contributed by atoms with Crippen molar-refractivity contribution in [3.8, 4) is 0 Å². The predicted molar refractivity (Wildman–Crippen MR) is 69.3 cm³/mol. The molecule has 2 fully saturated rings. The third-order valence-corrected chi connectivity index (χ3v) is 5.38. The SMILES string of the molecule is O=C(OCCCC(F)(F)C(F)(F)[SH](=O)=O)C1CC2CCC1C2. The molecule has 0 amide bonds. The van der Waals surface area contributed by atoms with Crippen LogP contribution in [0.25, 0.3) is 0 Å². The zero-order chi connectivity index (χ0) is 16.5. The second-order valence-electron chi connectivity index (χ2n) is 6.06. The van der Waals surface area contributed by atoms with Crippen LogP contribution in [-0.2, 0) is 20.2 Å². The molecule has 2 aliphatic carbocycles. The van der Waals surface area contributed by atoms with Gasteiger partial charge in [-0.15, -0.1) is 0 Å². The van der Waals surface area contributed by atoms with E-state index in [4.69, 9.17) is 4.74 Å². The molecule has 0 spiro atoms. The van der Waals surface area contributed by atoms with E-state index < -0.39 is 47.3 Å². The molecule has 0 saturated heterocycles. The molecule has 0 aromatic rings. The highest BCUT2D eigenvalue weighted by molar-refractivity contribution is 7.73. The van der Waals surface area contributed by atoms with E-state index in [9.17, 15) is 30.8 Å². The number of alkyl halides is 4. The quantitative estimate of drug-likeness (QED) is 0.333. The Kier molecular flexibility index (Phi) is 5.03. The molecule has 2 bridgehead atoms. The molecular formula is C13H18F4O4S. The highest BCUT2D eigenvalue weighted by atomic mass is 32.2. The molecule has 3 unspecified atom stereocenters. The van der Waals surface area contributed by atoms with Gasteiger partial charge in [-0.25, -0.2) is 8.42 Å². The largest absolute Gasteiger partial charge is 0.465 e. The van der Waals surface area contributed by atoms with E-state index in [1.807, 2.05) is 0 Å². The number of esters is 1. The Balaban J connectivity index is 1.74. The fourth-order valence-corrected chi connectivity index (χ4v) is 3.77. The van der Waals surface area contributed by atoms with Gasteiger partial charge in [-0.2, -0.15) is 17.6 Å². The zero-order valence-electron chi connectivity index (χ0n) is 11.8. The van der Waals surface area contributed by atoms with Crippen LogP contribution in [-0.4, -0.2) is 32.2 Å². The lowest BCUT2D eigenvalue weighted by Crippen LogP contribution is -2.41. The summed E-state index contributed by atoms with van der Waals surface area (Å²) in [4.78, 5) is 11.8. The molecule has 0 radical (unpaired) electrons. The summed E-state index contributed by atoms with van der Waals surface area (Å²) in [5.41, 5.74) is 0. The van der Waals surface area contributed by atoms with Crippen LogP contribution in [0.4, 0.5) is 17.6 Å². The highest BCUT2D eigenvalue weighted by Gasteiger charge is 2.58. The van der Waals surface area contributed by atoms with Crippen LogP contribution in [0.15, 0.2) is 0 Å². The minimum atomic E-state index is -5.09. The summed E-state index contributed by atoms with van der Waals surface area (Å²) in [7, 11) is -4.57. The number of fused-ring (bicyclic) bond motifs is 2. The third-order valence-electron chi connectivity index (χ3n) is 4.59. The Hall–Kier alpha value is -0.860. The van der Waals surface area contributed by atoms with Crippen molar-refractivity contribution in [2.75, 3.05) is 6.61 Å². The Bertz CT molecular complexity index is 498. The van der Waals surface area contributed by atoms with Crippen molar-refractivity contribution >= 4 is 16.7 Å². The number of hydrogen-bond donors (Lipinski definition) is 1. The van der Waals surface area contributed by atoms with Crippen molar-refractivity contribution in [3.63, 3.8) is 0 Å². The number of hydrogen-bond acceptors (Lipinski definition) is 4. The van der Waals surface area contributed by atoms with Crippen LogP contribution in [0.3, 0.4) is 0 Å². The van der Waals surface area contributed by atoms with Gasteiger partial charge in [0, 0.05) is 6.42 Å². The summed E-state index contributed by atoms with van der Waals surface area (Å²) in [5.74, 6) is -4.53. The Labute approximate surface area is 127 Å². The molecular weight excluding hydrogens is 328 g/mol. The number of rotatable bonds is 7. The minimum absolute atomic E-state index is 0.211. The van der Waals surface area contributed by atoms with Crippen molar-refractivity contribution in [2.45, 2.75) is 49.7 Å². The first kappa shape index (κ1) is 17.5. The first-order valence-corrected chi connectivity index (χ1v) is 8.39. The third kappa shape index (κ3) is 3.38. The van der Waals surface area contributed by atoms with Crippen molar-refractivity contribution in [2.24, 2.45) is 17.8 Å². The molecule has 0 heterocycles. The van der Waals surface area contributed by atoms with Crippen molar-refractivity contribution < 1.29 is 35.5 Å². The molecule has 3 atom stereocenters. The second-order valence-corrected chi connectivity index (χ2v) is 7.13. The number of carbonyl (C=O) groups excluding carboxylic acids is 1. The molecule has 2 saturated carbocycles. The number of ether oxygens (including phenoxy) is 1. The lowest BCUT2D eigenvalue weighted by molar-refractivity contribution is -0.164. The first-order valence-electron chi connectivity index (χ1n) is 7.22. The van der Waals surface area contributed by atoms with Crippen molar-refractivity contribution in [1.82, 2.24) is 0 Å². The van der Waals surface area contributed by atoms with E-state index in [1.54, 1.807) is 0 Å². The first-order chi connectivity index (χ1) is 10.1. The van der Waals surface area contributed by atoms with Crippen LogP contribution in [0, 0.1) is 17.8 Å². The smallest absolute Gasteiger partial charge is 0.404 e. The maximum Gasteiger partial charge on any atom is 0.404 e. The van der Waals surface area contributed by atoms with Gasteiger partial charge in [-0.05, 0) is 37.5 Å². The molecule has 0 aromatic heterocycles. The van der Waals surface area contributed by atoms with E-state index in [-0.39, 0.29) is 11.8 Å². The molecule has 0 aromatic carbocycles. The fourth-order valence-electron chi connectivity index (χ4n) is 3.39. The van der Waals surface area contributed by atoms with E-state index in [1.165, 1.54) is 0 Å². The molecule has 22 heavy (non-hydrogen) atoms. The molecule has 9 heteroatoms. The summed E-state index contributed by atoms with van der Waals surface area (Å²) in [6.07, 6.45) is 1.93. The van der Waals surface area contributed by atoms with Crippen LogP contribution < -0.4 is 0 Å². The Morgan fingerprint density at radius 3 is 2.32 bits per heavy atom. The Morgan fingerprint density at radius 2 is 1.82 bits per heavy atom. The van der Waals surface area contributed by atoms with E-state index >= 15 is 0 Å².